The number of nitrogens with zero attached hydrogens (tertiary/aromatic N) is 4. The van der Waals surface area contributed by atoms with E-state index in [1.165, 1.54) is 5.56 Å². The standard InChI is InChI=1S/C18H20N4O3/c1-21(18-19-8-4-9-20-18)12-17(24)25-13-16(23)22-10-7-14-5-2-3-6-15(14)11-22/h2-6,8-9H,7,10-13H2,1H3. The molecule has 7 nitrogen and oxygen atoms in total. The second kappa shape index (κ2) is 7.74. The molecule has 0 bridgehead atoms. The highest BCUT2D eigenvalue weighted by molar-refractivity contribution is 5.82. The summed E-state index contributed by atoms with van der Waals surface area (Å²) in [4.78, 5) is 35.6. The van der Waals surface area contributed by atoms with E-state index < -0.39 is 5.97 Å². The molecule has 7 heteroatoms. The fourth-order valence-corrected chi connectivity index (χ4v) is 2.74. The zero-order chi connectivity index (χ0) is 17.6. The maximum atomic E-state index is 12.3. The predicted octanol–water partition coefficient (Wildman–Crippen LogP) is 1.04. The van der Waals surface area contributed by atoms with Crippen LogP contribution in [0.15, 0.2) is 42.7 Å². The first-order valence-corrected chi connectivity index (χ1v) is 8.12. The molecule has 0 saturated carbocycles. The van der Waals surface area contributed by atoms with E-state index in [1.807, 2.05) is 18.2 Å². The lowest BCUT2D eigenvalue weighted by molar-refractivity contribution is -0.151. The van der Waals surface area contributed by atoms with Crippen LogP contribution in [0.1, 0.15) is 11.1 Å². The average Bonchev–Trinajstić information content (AvgIpc) is 2.66. The van der Waals surface area contributed by atoms with E-state index in [0.29, 0.717) is 19.0 Å². The van der Waals surface area contributed by atoms with Gasteiger partial charge in [0.05, 0.1) is 0 Å². The van der Waals surface area contributed by atoms with Crippen molar-refractivity contribution in [3.05, 3.63) is 53.9 Å². The van der Waals surface area contributed by atoms with Crippen LogP contribution in [-0.4, -0.2) is 53.5 Å². The number of esters is 1. The third-order valence-electron chi connectivity index (χ3n) is 4.10. The third-order valence-corrected chi connectivity index (χ3v) is 4.10. The van der Waals surface area contributed by atoms with Gasteiger partial charge in [0.15, 0.2) is 6.61 Å². The van der Waals surface area contributed by atoms with Gasteiger partial charge >= 0.3 is 5.97 Å². The van der Waals surface area contributed by atoms with Crippen molar-refractivity contribution in [1.29, 1.82) is 0 Å². The van der Waals surface area contributed by atoms with Gasteiger partial charge < -0.3 is 14.5 Å². The number of likely N-dealkylation sites (N-methyl/N-ethyl adjacent to an activating group) is 1. The van der Waals surface area contributed by atoms with Gasteiger partial charge in [0, 0.05) is 32.5 Å². The van der Waals surface area contributed by atoms with Crippen LogP contribution in [0.5, 0.6) is 0 Å². The predicted molar refractivity (Wildman–Crippen MR) is 91.8 cm³/mol. The van der Waals surface area contributed by atoms with Crippen molar-refractivity contribution < 1.29 is 14.3 Å². The van der Waals surface area contributed by atoms with Gasteiger partial charge in [-0.05, 0) is 23.6 Å². The number of amides is 1. The molecule has 1 aliphatic rings. The largest absolute Gasteiger partial charge is 0.454 e. The highest BCUT2D eigenvalue weighted by Gasteiger charge is 2.21. The molecule has 130 valence electrons. The first-order valence-electron chi connectivity index (χ1n) is 8.12. The van der Waals surface area contributed by atoms with Gasteiger partial charge in [0.1, 0.15) is 6.54 Å². The molecule has 0 spiro atoms. The Kier molecular flexibility index (Phi) is 5.23. The lowest BCUT2D eigenvalue weighted by atomic mass is 10.00. The Morgan fingerprint density at radius 3 is 2.64 bits per heavy atom. The number of carbonyl (C=O) groups is 2. The number of benzene rings is 1. The molecule has 0 N–H and O–H groups in total. The molecule has 1 aliphatic heterocycles. The summed E-state index contributed by atoms with van der Waals surface area (Å²) >= 11 is 0. The number of hydrogen-bond acceptors (Lipinski definition) is 6. The van der Waals surface area contributed by atoms with E-state index in [0.717, 1.165) is 12.0 Å². The Balaban J connectivity index is 1.47. The summed E-state index contributed by atoms with van der Waals surface area (Å²) in [6.45, 7) is 0.945. The van der Waals surface area contributed by atoms with E-state index in [2.05, 4.69) is 16.0 Å². The van der Waals surface area contributed by atoms with Gasteiger partial charge in [-0.15, -0.1) is 0 Å². The molecule has 0 radical (unpaired) electrons. The van der Waals surface area contributed by atoms with Crippen LogP contribution in [0.2, 0.25) is 0 Å². The van der Waals surface area contributed by atoms with Gasteiger partial charge in [-0.2, -0.15) is 0 Å². The number of rotatable bonds is 5. The molecule has 0 saturated heterocycles. The van der Waals surface area contributed by atoms with Crippen LogP contribution in [0.4, 0.5) is 5.95 Å². The van der Waals surface area contributed by atoms with Crippen LogP contribution >= 0.6 is 0 Å². The highest BCUT2D eigenvalue weighted by Crippen LogP contribution is 2.18. The summed E-state index contributed by atoms with van der Waals surface area (Å²) in [5, 5.41) is 0. The second-order valence-electron chi connectivity index (χ2n) is 5.90. The van der Waals surface area contributed by atoms with Crippen molar-refractivity contribution >= 4 is 17.8 Å². The molecule has 0 aliphatic carbocycles. The summed E-state index contributed by atoms with van der Waals surface area (Å²) in [6, 6.07) is 9.78. The fourth-order valence-electron chi connectivity index (χ4n) is 2.74. The van der Waals surface area contributed by atoms with E-state index in [-0.39, 0.29) is 19.1 Å². The Hall–Kier alpha value is -2.96. The normalized spacial score (nSPS) is 13.1. The monoisotopic (exact) mass is 340 g/mol. The van der Waals surface area contributed by atoms with Crippen LogP contribution in [0.25, 0.3) is 0 Å². The van der Waals surface area contributed by atoms with Crippen molar-refractivity contribution in [2.45, 2.75) is 13.0 Å². The summed E-state index contributed by atoms with van der Waals surface area (Å²) < 4.78 is 5.11. The van der Waals surface area contributed by atoms with Crippen LogP contribution < -0.4 is 4.90 Å². The minimum atomic E-state index is -0.485. The maximum Gasteiger partial charge on any atom is 0.326 e. The van der Waals surface area contributed by atoms with Crippen molar-refractivity contribution in [3.8, 4) is 0 Å². The molecule has 3 rings (SSSR count). The van der Waals surface area contributed by atoms with Gasteiger partial charge in [0.25, 0.3) is 5.91 Å². The van der Waals surface area contributed by atoms with E-state index in [9.17, 15) is 9.59 Å². The minimum absolute atomic E-state index is 0.0138. The number of aromatic nitrogens is 2. The topological polar surface area (TPSA) is 75.6 Å². The zero-order valence-corrected chi connectivity index (χ0v) is 14.1. The molecule has 1 amide bonds. The molecule has 2 heterocycles. The molecule has 0 atom stereocenters. The summed E-state index contributed by atoms with van der Waals surface area (Å²) in [6.07, 6.45) is 4.02. The lowest BCUT2D eigenvalue weighted by Gasteiger charge is -2.28. The fraction of sp³-hybridized carbons (Fsp3) is 0.333. The van der Waals surface area contributed by atoms with Crippen molar-refractivity contribution in [2.75, 3.05) is 31.6 Å². The second-order valence-corrected chi connectivity index (χ2v) is 5.90. The van der Waals surface area contributed by atoms with Gasteiger partial charge in [0.2, 0.25) is 5.95 Å². The van der Waals surface area contributed by atoms with Gasteiger partial charge in [-0.1, -0.05) is 24.3 Å². The molecule has 25 heavy (non-hydrogen) atoms. The van der Waals surface area contributed by atoms with Crippen LogP contribution in [0, 0.1) is 0 Å². The maximum absolute atomic E-state index is 12.3. The van der Waals surface area contributed by atoms with Crippen molar-refractivity contribution in [1.82, 2.24) is 14.9 Å². The molecule has 0 unspecified atom stereocenters. The number of carbonyl (C=O) groups excluding carboxylic acids is 2. The van der Waals surface area contributed by atoms with Crippen molar-refractivity contribution in [3.63, 3.8) is 0 Å². The number of hydrogen-bond donors (Lipinski definition) is 0. The third kappa shape index (κ3) is 4.32. The van der Waals surface area contributed by atoms with E-state index in [4.69, 9.17) is 4.74 Å². The summed E-state index contributed by atoms with van der Waals surface area (Å²) in [5.74, 6) is -0.236. The lowest BCUT2D eigenvalue weighted by Crippen LogP contribution is -2.39. The molecular formula is C18H20N4O3. The van der Waals surface area contributed by atoms with Crippen molar-refractivity contribution in [2.24, 2.45) is 0 Å². The van der Waals surface area contributed by atoms with E-state index >= 15 is 0 Å². The average molecular weight is 340 g/mol. The summed E-state index contributed by atoms with van der Waals surface area (Å²) in [5.41, 5.74) is 2.42. The Morgan fingerprint density at radius 1 is 1.16 bits per heavy atom. The van der Waals surface area contributed by atoms with E-state index in [1.54, 1.807) is 35.3 Å². The minimum Gasteiger partial charge on any atom is -0.454 e. The number of ether oxygens (including phenoxy) is 1. The van der Waals surface area contributed by atoms with Gasteiger partial charge in [-0.3, -0.25) is 9.59 Å². The Morgan fingerprint density at radius 2 is 1.88 bits per heavy atom. The Labute approximate surface area is 146 Å². The molecular weight excluding hydrogens is 320 g/mol. The smallest absolute Gasteiger partial charge is 0.326 e. The molecule has 1 aromatic carbocycles. The van der Waals surface area contributed by atoms with Crippen LogP contribution in [-0.2, 0) is 27.3 Å². The quantitative estimate of drug-likeness (QED) is 0.757. The first-order chi connectivity index (χ1) is 12.1. The zero-order valence-electron chi connectivity index (χ0n) is 14.1. The van der Waals surface area contributed by atoms with Crippen LogP contribution in [0.3, 0.4) is 0 Å². The molecule has 1 aromatic heterocycles. The molecule has 0 fully saturated rings. The van der Waals surface area contributed by atoms with Gasteiger partial charge in [-0.25, -0.2) is 9.97 Å². The number of anilines is 1. The highest BCUT2D eigenvalue weighted by atomic mass is 16.5. The first kappa shape index (κ1) is 16.9. The SMILES string of the molecule is CN(CC(=O)OCC(=O)N1CCc2ccccc2C1)c1ncccn1. The molecule has 2 aromatic rings. The summed E-state index contributed by atoms with van der Waals surface area (Å²) in [7, 11) is 1.69. The number of fused-ring (bicyclic) bond motifs is 1. The Bertz CT molecular complexity index is 751.